The highest BCUT2D eigenvalue weighted by molar-refractivity contribution is 8.00. The lowest BCUT2D eigenvalue weighted by Gasteiger charge is -2.37. The number of hydrogen-bond acceptors (Lipinski definition) is 4. The topological polar surface area (TPSA) is 66.8 Å². The number of likely N-dealkylation sites (N-methyl/N-ethyl adjacent to an activating group) is 1. The molecule has 0 spiro atoms. The summed E-state index contributed by atoms with van der Waals surface area (Å²) in [7, 11) is 0. The van der Waals surface area contributed by atoms with Gasteiger partial charge in [-0.05, 0) is 34.1 Å². The van der Waals surface area contributed by atoms with Crippen molar-refractivity contribution in [2.45, 2.75) is 57.4 Å². The number of rotatable bonds is 3. The maximum absolute atomic E-state index is 12.2. The van der Waals surface area contributed by atoms with Gasteiger partial charge in [0.1, 0.15) is 5.60 Å². The number of nitrogens with zero attached hydrogens (tertiary/aromatic N) is 1. The Morgan fingerprint density at radius 1 is 1.47 bits per heavy atom. The van der Waals surface area contributed by atoms with Crippen LogP contribution in [0.3, 0.4) is 0 Å². The normalized spacial score (nSPS) is 27.1. The number of amides is 1. The van der Waals surface area contributed by atoms with E-state index in [1.807, 2.05) is 6.92 Å². The number of thioether (sulfide) groups is 1. The minimum Gasteiger partial charge on any atom is -0.479 e. The van der Waals surface area contributed by atoms with Crippen LogP contribution < -0.4 is 0 Å². The highest BCUT2D eigenvalue weighted by atomic mass is 32.2. The first-order chi connectivity index (χ1) is 8.62. The molecule has 1 fully saturated rings. The molecule has 1 amide bonds. The van der Waals surface area contributed by atoms with Crippen molar-refractivity contribution in [3.63, 3.8) is 0 Å². The molecule has 0 bridgehead atoms. The Bertz CT molecular complexity index is 366. The van der Waals surface area contributed by atoms with Crippen molar-refractivity contribution in [3.8, 4) is 0 Å². The van der Waals surface area contributed by atoms with E-state index in [4.69, 9.17) is 4.74 Å². The molecule has 1 heterocycles. The lowest BCUT2D eigenvalue weighted by atomic mass is 9.94. The smallest absolute Gasteiger partial charge is 0.411 e. The van der Waals surface area contributed by atoms with Gasteiger partial charge in [0.05, 0.1) is 0 Å². The van der Waals surface area contributed by atoms with E-state index in [1.54, 1.807) is 39.5 Å². The summed E-state index contributed by atoms with van der Waals surface area (Å²) in [4.78, 5) is 25.3. The van der Waals surface area contributed by atoms with Crippen LogP contribution in [0.15, 0.2) is 0 Å². The van der Waals surface area contributed by atoms with Crippen LogP contribution in [0.4, 0.5) is 4.79 Å². The van der Waals surface area contributed by atoms with Crippen LogP contribution in [0.5, 0.6) is 0 Å². The van der Waals surface area contributed by atoms with Gasteiger partial charge in [-0.15, -0.1) is 0 Å². The van der Waals surface area contributed by atoms with E-state index >= 15 is 0 Å². The van der Waals surface area contributed by atoms with Gasteiger partial charge in [-0.3, -0.25) is 4.90 Å². The van der Waals surface area contributed by atoms with Crippen LogP contribution in [0.25, 0.3) is 0 Å². The number of carboxylic acid groups (broad SMARTS) is 1. The number of carbonyl (C=O) groups excluding carboxylic acids is 1. The molecule has 1 N–H and O–H groups in total. The van der Waals surface area contributed by atoms with Gasteiger partial charge >= 0.3 is 12.1 Å². The second kappa shape index (κ2) is 5.61. The van der Waals surface area contributed by atoms with Gasteiger partial charge in [0.25, 0.3) is 0 Å². The first kappa shape index (κ1) is 16.1. The van der Waals surface area contributed by atoms with Crippen LogP contribution in [-0.4, -0.2) is 50.8 Å². The fraction of sp³-hybridized carbons (Fsp3) is 0.846. The average molecular weight is 289 g/mol. The van der Waals surface area contributed by atoms with Crippen LogP contribution in [0, 0.1) is 0 Å². The molecule has 0 aromatic carbocycles. The van der Waals surface area contributed by atoms with E-state index in [-0.39, 0.29) is 5.25 Å². The zero-order valence-electron chi connectivity index (χ0n) is 12.2. The summed E-state index contributed by atoms with van der Waals surface area (Å²) in [5.74, 6) is -0.534. The molecule has 110 valence electrons. The molecular formula is C13H23NO4S. The van der Waals surface area contributed by atoms with Crippen molar-refractivity contribution in [2.24, 2.45) is 0 Å². The van der Waals surface area contributed by atoms with Gasteiger partial charge in [0, 0.05) is 17.5 Å². The Kier molecular flexibility index (Phi) is 4.76. The van der Waals surface area contributed by atoms with Crippen molar-refractivity contribution in [1.29, 1.82) is 0 Å². The molecule has 1 rings (SSSR count). The Morgan fingerprint density at radius 3 is 2.37 bits per heavy atom. The second-order valence-electron chi connectivity index (χ2n) is 5.89. The van der Waals surface area contributed by atoms with Crippen LogP contribution in [0.2, 0.25) is 0 Å². The van der Waals surface area contributed by atoms with Crippen molar-refractivity contribution < 1.29 is 19.4 Å². The van der Waals surface area contributed by atoms with Crippen molar-refractivity contribution in [1.82, 2.24) is 4.90 Å². The first-order valence-corrected chi connectivity index (χ1v) is 7.53. The predicted molar refractivity (Wildman–Crippen MR) is 75.5 cm³/mol. The molecule has 19 heavy (non-hydrogen) atoms. The lowest BCUT2D eigenvalue weighted by Crippen LogP contribution is -2.58. The SMILES string of the molecule is CCN(C(=O)OC(C)(C)C)C1(C(=O)O)CSC(C)C1. The number of aliphatic carboxylic acids is 1. The van der Waals surface area contributed by atoms with Crippen molar-refractivity contribution in [2.75, 3.05) is 12.3 Å². The number of carboxylic acids is 1. The Morgan fingerprint density at radius 2 is 2.05 bits per heavy atom. The predicted octanol–water partition coefficient (Wildman–Crippen LogP) is 2.59. The molecule has 0 aliphatic carbocycles. The highest BCUT2D eigenvalue weighted by Crippen LogP contribution is 2.39. The minimum atomic E-state index is -1.14. The third-order valence-electron chi connectivity index (χ3n) is 3.08. The van der Waals surface area contributed by atoms with Gasteiger partial charge in [-0.1, -0.05) is 6.92 Å². The summed E-state index contributed by atoms with van der Waals surface area (Å²) in [5, 5.41) is 9.80. The summed E-state index contributed by atoms with van der Waals surface area (Å²) in [6.07, 6.45) is -0.0906. The molecule has 0 saturated carbocycles. The van der Waals surface area contributed by atoms with Gasteiger partial charge in [0.15, 0.2) is 5.54 Å². The van der Waals surface area contributed by atoms with E-state index in [0.29, 0.717) is 18.7 Å². The van der Waals surface area contributed by atoms with Gasteiger partial charge < -0.3 is 9.84 Å². The van der Waals surface area contributed by atoms with Gasteiger partial charge in [-0.25, -0.2) is 9.59 Å². The Balaban J connectivity index is 2.99. The van der Waals surface area contributed by atoms with E-state index in [1.165, 1.54) is 4.90 Å². The summed E-state index contributed by atoms with van der Waals surface area (Å²) in [6, 6.07) is 0. The third-order valence-corrected chi connectivity index (χ3v) is 4.46. The third kappa shape index (κ3) is 3.55. The molecule has 1 aliphatic heterocycles. The monoisotopic (exact) mass is 289 g/mol. The van der Waals surface area contributed by atoms with Crippen molar-refractivity contribution in [3.05, 3.63) is 0 Å². The molecule has 0 radical (unpaired) electrons. The molecule has 5 nitrogen and oxygen atoms in total. The molecule has 0 aromatic rings. The summed E-state index contributed by atoms with van der Waals surface area (Å²) in [6.45, 7) is 9.42. The zero-order valence-corrected chi connectivity index (χ0v) is 13.0. The quantitative estimate of drug-likeness (QED) is 0.865. The van der Waals surface area contributed by atoms with E-state index in [9.17, 15) is 14.7 Å². The molecule has 0 aromatic heterocycles. The van der Waals surface area contributed by atoms with Crippen LogP contribution >= 0.6 is 11.8 Å². The summed E-state index contributed by atoms with van der Waals surface area (Å²) < 4.78 is 5.33. The maximum atomic E-state index is 12.2. The minimum absolute atomic E-state index is 0.229. The summed E-state index contributed by atoms with van der Waals surface area (Å²) >= 11 is 1.58. The fourth-order valence-corrected chi connectivity index (χ4v) is 3.60. The number of carbonyl (C=O) groups is 2. The van der Waals surface area contributed by atoms with Gasteiger partial charge in [0.2, 0.25) is 0 Å². The second-order valence-corrected chi connectivity index (χ2v) is 7.31. The van der Waals surface area contributed by atoms with E-state index in [2.05, 4.69) is 0 Å². The molecular weight excluding hydrogens is 266 g/mol. The standard InChI is InChI=1S/C13H23NO4S/c1-6-14(11(17)18-12(3,4)5)13(10(15)16)7-9(2)19-8-13/h9H,6-8H2,1-5H3,(H,15,16). The van der Waals surface area contributed by atoms with Gasteiger partial charge in [-0.2, -0.15) is 11.8 Å². The maximum Gasteiger partial charge on any atom is 0.411 e. The molecule has 1 aliphatic rings. The Hall–Kier alpha value is -0.910. The lowest BCUT2D eigenvalue weighted by molar-refractivity contribution is -0.149. The van der Waals surface area contributed by atoms with Crippen molar-refractivity contribution >= 4 is 23.8 Å². The number of hydrogen-bond donors (Lipinski definition) is 1. The molecule has 2 unspecified atom stereocenters. The molecule has 6 heteroatoms. The van der Waals surface area contributed by atoms with E-state index < -0.39 is 23.2 Å². The van der Waals surface area contributed by atoms with E-state index in [0.717, 1.165) is 0 Å². The fourth-order valence-electron chi connectivity index (χ4n) is 2.25. The molecule has 1 saturated heterocycles. The Labute approximate surface area is 118 Å². The van der Waals surface area contributed by atoms with Crippen LogP contribution in [-0.2, 0) is 9.53 Å². The summed E-state index contributed by atoms with van der Waals surface area (Å²) in [5.41, 5.74) is -1.76. The largest absolute Gasteiger partial charge is 0.479 e. The zero-order chi connectivity index (χ0) is 14.8. The van der Waals surface area contributed by atoms with Crippen LogP contribution in [0.1, 0.15) is 41.0 Å². The highest BCUT2D eigenvalue weighted by Gasteiger charge is 2.51. The molecule has 2 atom stereocenters. The number of ether oxygens (including phenoxy) is 1. The average Bonchev–Trinajstić information content (AvgIpc) is 2.60. The first-order valence-electron chi connectivity index (χ1n) is 6.48.